The minimum atomic E-state index is -0.251. The van der Waals surface area contributed by atoms with Gasteiger partial charge in [-0.15, -0.1) is 11.3 Å². The molecule has 2 heterocycles. The quantitative estimate of drug-likeness (QED) is 0.757. The Balaban J connectivity index is 1.22. The summed E-state index contributed by atoms with van der Waals surface area (Å²) in [5, 5.41) is 6.54. The molecule has 2 aromatic rings. The molecule has 1 saturated carbocycles. The van der Waals surface area contributed by atoms with Crippen molar-refractivity contribution in [3.8, 4) is 11.5 Å². The summed E-state index contributed by atoms with van der Waals surface area (Å²) in [5.41, 5.74) is 1.30. The first-order valence-electron chi connectivity index (χ1n) is 10.7. The fourth-order valence-electron chi connectivity index (χ4n) is 4.50. The maximum absolute atomic E-state index is 12.8. The summed E-state index contributed by atoms with van der Waals surface area (Å²) in [7, 11) is 0. The number of hydrogen-bond acceptors (Lipinski definition) is 6. The van der Waals surface area contributed by atoms with E-state index in [0.29, 0.717) is 28.1 Å². The number of aryl methyl sites for hydroxylation is 1. The van der Waals surface area contributed by atoms with Gasteiger partial charge in [-0.3, -0.25) is 14.9 Å². The van der Waals surface area contributed by atoms with Crippen LogP contribution in [0.5, 0.6) is 11.5 Å². The molecule has 0 spiro atoms. The largest absolute Gasteiger partial charge is 0.454 e. The van der Waals surface area contributed by atoms with Crippen LogP contribution < -0.4 is 20.1 Å². The summed E-state index contributed by atoms with van der Waals surface area (Å²) in [4.78, 5) is 31.1. The van der Waals surface area contributed by atoms with Crippen LogP contribution >= 0.6 is 11.3 Å². The molecule has 3 aliphatic rings. The van der Waals surface area contributed by atoms with Crippen molar-refractivity contribution in [1.82, 2.24) is 10.3 Å². The first-order chi connectivity index (χ1) is 14.7. The van der Waals surface area contributed by atoms with Crippen LogP contribution in [0.25, 0.3) is 0 Å². The number of hydrogen-bond donors (Lipinski definition) is 2. The van der Waals surface area contributed by atoms with Gasteiger partial charge in [0.15, 0.2) is 16.6 Å². The number of aromatic nitrogens is 1. The van der Waals surface area contributed by atoms with E-state index in [-0.39, 0.29) is 24.5 Å². The SMILES string of the molecule is O=C(Nc1nc2c(s1)CC[C@@H]2C(=O)NCC1CCCCC1)c1ccc2c(c1)OCO2. The van der Waals surface area contributed by atoms with E-state index in [0.717, 1.165) is 30.0 Å². The van der Waals surface area contributed by atoms with Gasteiger partial charge in [0.2, 0.25) is 12.7 Å². The van der Waals surface area contributed by atoms with E-state index in [1.54, 1.807) is 18.2 Å². The zero-order valence-corrected chi connectivity index (χ0v) is 17.6. The second kappa shape index (κ2) is 8.26. The van der Waals surface area contributed by atoms with Gasteiger partial charge in [-0.25, -0.2) is 4.98 Å². The molecule has 8 heteroatoms. The van der Waals surface area contributed by atoms with Crippen molar-refractivity contribution in [3.63, 3.8) is 0 Å². The third-order valence-electron chi connectivity index (χ3n) is 6.18. The minimum absolute atomic E-state index is 0.0678. The number of carbonyl (C=O) groups is 2. The molecular formula is C22H25N3O4S. The van der Waals surface area contributed by atoms with Gasteiger partial charge in [-0.2, -0.15) is 0 Å². The standard InChI is InChI=1S/C22H25N3O4S/c26-20(14-6-8-16-17(10-14)29-12-28-16)25-22-24-19-15(7-9-18(19)30-22)21(27)23-11-13-4-2-1-3-5-13/h6,8,10,13,15H,1-5,7,9,11-12H2,(H,23,27)(H,24,25,26)/t15-/m0/s1. The number of nitrogens with zero attached hydrogens (tertiary/aromatic N) is 1. The summed E-state index contributed by atoms with van der Waals surface area (Å²) in [5.74, 6) is 1.42. The summed E-state index contributed by atoms with van der Waals surface area (Å²) in [6.45, 7) is 0.937. The summed E-state index contributed by atoms with van der Waals surface area (Å²) in [6, 6.07) is 5.10. The number of amides is 2. The maximum atomic E-state index is 12.8. The van der Waals surface area contributed by atoms with Crippen molar-refractivity contribution in [1.29, 1.82) is 0 Å². The highest BCUT2D eigenvalue weighted by atomic mass is 32.1. The Kier molecular flexibility index (Phi) is 5.33. The van der Waals surface area contributed by atoms with Crippen molar-refractivity contribution in [2.45, 2.75) is 50.9 Å². The van der Waals surface area contributed by atoms with Gasteiger partial charge < -0.3 is 14.8 Å². The van der Waals surface area contributed by atoms with Crippen LogP contribution in [0.4, 0.5) is 5.13 Å². The third-order valence-corrected chi connectivity index (χ3v) is 7.23. The van der Waals surface area contributed by atoms with E-state index in [1.165, 1.54) is 43.4 Å². The number of anilines is 1. The van der Waals surface area contributed by atoms with E-state index in [4.69, 9.17) is 9.47 Å². The third kappa shape index (κ3) is 3.88. The minimum Gasteiger partial charge on any atom is -0.454 e. The molecule has 1 aromatic carbocycles. The van der Waals surface area contributed by atoms with Crippen molar-refractivity contribution in [2.24, 2.45) is 5.92 Å². The monoisotopic (exact) mass is 427 g/mol. The van der Waals surface area contributed by atoms with Crippen LogP contribution in [-0.2, 0) is 11.2 Å². The highest BCUT2D eigenvalue weighted by molar-refractivity contribution is 7.16. The fraction of sp³-hybridized carbons (Fsp3) is 0.500. The molecule has 1 atom stereocenters. The van der Waals surface area contributed by atoms with E-state index in [2.05, 4.69) is 15.6 Å². The number of nitrogens with one attached hydrogen (secondary N) is 2. The highest BCUT2D eigenvalue weighted by Crippen LogP contribution is 2.39. The topological polar surface area (TPSA) is 89.6 Å². The van der Waals surface area contributed by atoms with Crippen LogP contribution in [0, 0.1) is 5.92 Å². The molecule has 0 radical (unpaired) electrons. The molecule has 2 N–H and O–H groups in total. The molecule has 0 bridgehead atoms. The second-order valence-electron chi connectivity index (χ2n) is 8.19. The average Bonchev–Trinajstić information content (AvgIpc) is 3.47. The highest BCUT2D eigenvalue weighted by Gasteiger charge is 2.33. The Bertz CT molecular complexity index is 967. The molecule has 0 saturated heterocycles. The van der Waals surface area contributed by atoms with Crippen LogP contribution in [-0.4, -0.2) is 30.1 Å². The van der Waals surface area contributed by atoms with Crippen LogP contribution in [0.2, 0.25) is 0 Å². The normalized spacial score (nSPS) is 20.1. The van der Waals surface area contributed by atoms with Gasteiger partial charge in [0.1, 0.15) is 0 Å². The molecule has 158 valence electrons. The van der Waals surface area contributed by atoms with Crippen molar-refractivity contribution in [2.75, 3.05) is 18.7 Å². The summed E-state index contributed by atoms with van der Waals surface area (Å²) in [6.07, 6.45) is 7.90. The molecule has 2 amide bonds. The van der Waals surface area contributed by atoms with Crippen molar-refractivity contribution in [3.05, 3.63) is 34.3 Å². The van der Waals surface area contributed by atoms with Gasteiger partial charge in [0, 0.05) is 17.0 Å². The van der Waals surface area contributed by atoms with E-state index in [9.17, 15) is 9.59 Å². The maximum Gasteiger partial charge on any atom is 0.257 e. The van der Waals surface area contributed by atoms with Gasteiger partial charge in [-0.05, 0) is 49.8 Å². The number of carbonyl (C=O) groups excluding carboxylic acids is 2. The lowest BCUT2D eigenvalue weighted by Gasteiger charge is -2.22. The number of benzene rings is 1. The van der Waals surface area contributed by atoms with E-state index < -0.39 is 0 Å². The molecule has 1 aliphatic heterocycles. The molecule has 7 nitrogen and oxygen atoms in total. The zero-order chi connectivity index (χ0) is 20.5. The Morgan fingerprint density at radius 3 is 2.80 bits per heavy atom. The summed E-state index contributed by atoms with van der Waals surface area (Å²) >= 11 is 1.46. The fourth-order valence-corrected chi connectivity index (χ4v) is 5.54. The number of thiazole rings is 1. The Morgan fingerprint density at radius 1 is 1.10 bits per heavy atom. The Labute approximate surface area is 179 Å². The molecular weight excluding hydrogens is 402 g/mol. The van der Waals surface area contributed by atoms with E-state index >= 15 is 0 Å². The molecule has 1 aromatic heterocycles. The number of fused-ring (bicyclic) bond motifs is 2. The lowest BCUT2D eigenvalue weighted by atomic mass is 9.89. The second-order valence-corrected chi connectivity index (χ2v) is 9.27. The molecule has 0 unspecified atom stereocenters. The number of ether oxygens (including phenoxy) is 2. The Morgan fingerprint density at radius 2 is 1.93 bits per heavy atom. The molecule has 1 fully saturated rings. The van der Waals surface area contributed by atoms with Crippen molar-refractivity contribution >= 4 is 28.3 Å². The lowest BCUT2D eigenvalue weighted by Crippen LogP contribution is -2.33. The van der Waals surface area contributed by atoms with Gasteiger partial charge in [0.25, 0.3) is 5.91 Å². The van der Waals surface area contributed by atoms with Crippen LogP contribution in [0.15, 0.2) is 18.2 Å². The average molecular weight is 428 g/mol. The predicted molar refractivity (Wildman–Crippen MR) is 113 cm³/mol. The van der Waals surface area contributed by atoms with Gasteiger partial charge in [0.05, 0.1) is 11.6 Å². The first-order valence-corrected chi connectivity index (χ1v) is 11.5. The van der Waals surface area contributed by atoms with Crippen LogP contribution in [0.1, 0.15) is 65.4 Å². The molecule has 30 heavy (non-hydrogen) atoms. The van der Waals surface area contributed by atoms with Gasteiger partial charge in [-0.1, -0.05) is 19.3 Å². The van der Waals surface area contributed by atoms with E-state index in [1.807, 2.05) is 0 Å². The molecule has 5 rings (SSSR count). The molecule has 2 aliphatic carbocycles. The van der Waals surface area contributed by atoms with Crippen molar-refractivity contribution < 1.29 is 19.1 Å². The number of rotatable bonds is 5. The zero-order valence-electron chi connectivity index (χ0n) is 16.7. The Hall–Kier alpha value is -2.61. The predicted octanol–water partition coefficient (Wildman–Crippen LogP) is 3.85. The van der Waals surface area contributed by atoms with Gasteiger partial charge >= 0.3 is 0 Å². The summed E-state index contributed by atoms with van der Waals surface area (Å²) < 4.78 is 10.6. The van der Waals surface area contributed by atoms with Crippen LogP contribution in [0.3, 0.4) is 0 Å². The smallest absolute Gasteiger partial charge is 0.257 e. The lowest BCUT2D eigenvalue weighted by molar-refractivity contribution is -0.122. The first kappa shape index (κ1) is 19.4.